The molecule has 1 aromatic carbocycles. The van der Waals surface area contributed by atoms with Crippen LogP contribution in [-0.2, 0) is 4.74 Å². The molecule has 7 heteroatoms. The van der Waals surface area contributed by atoms with Gasteiger partial charge in [-0.05, 0) is 92.8 Å². The topological polar surface area (TPSA) is 73.6 Å². The van der Waals surface area contributed by atoms with E-state index in [0.717, 1.165) is 67.8 Å². The molecule has 1 saturated heterocycles. The number of aromatic nitrogens is 1. The molecule has 0 spiro atoms. The summed E-state index contributed by atoms with van der Waals surface area (Å²) in [5.74, 6) is 2.77. The summed E-state index contributed by atoms with van der Waals surface area (Å²) < 4.78 is 17.5. The molecule has 1 amide bonds. The summed E-state index contributed by atoms with van der Waals surface area (Å²) in [5.41, 5.74) is -0.0791. The largest absolute Gasteiger partial charge is 0.472 e. The molecule has 2 aromatic rings. The predicted molar refractivity (Wildman–Crippen MR) is 125 cm³/mol. The van der Waals surface area contributed by atoms with Crippen molar-refractivity contribution < 1.29 is 18.8 Å². The Labute approximate surface area is 199 Å². The summed E-state index contributed by atoms with van der Waals surface area (Å²) in [7, 11) is 0. The number of hydrogen-bond donors (Lipinski definition) is 1. The summed E-state index contributed by atoms with van der Waals surface area (Å²) in [6.45, 7) is 1.20. The Hall–Kier alpha value is -1.99. The number of carbonyl (C=O) groups is 1. The van der Waals surface area contributed by atoms with E-state index >= 15 is 0 Å². The summed E-state index contributed by atoms with van der Waals surface area (Å²) in [6.07, 6.45) is 10.6. The van der Waals surface area contributed by atoms with Crippen LogP contribution < -0.4 is 10.1 Å². The summed E-state index contributed by atoms with van der Waals surface area (Å²) in [6, 6.07) is 10.00. The molecule has 176 valence electrons. The summed E-state index contributed by atoms with van der Waals surface area (Å²) in [5, 5.41) is 7.60. The minimum atomic E-state index is -0.161. The third-order valence-electron chi connectivity index (χ3n) is 7.89. The second-order valence-corrected chi connectivity index (χ2v) is 11.6. The minimum absolute atomic E-state index is 0.0642. The number of benzene rings is 1. The van der Waals surface area contributed by atoms with E-state index in [2.05, 4.69) is 10.5 Å². The van der Waals surface area contributed by atoms with Crippen molar-refractivity contribution >= 4 is 17.7 Å². The molecule has 0 radical (unpaired) electrons. The van der Waals surface area contributed by atoms with Gasteiger partial charge in [-0.3, -0.25) is 4.79 Å². The van der Waals surface area contributed by atoms with Crippen molar-refractivity contribution in [3.05, 3.63) is 36.1 Å². The molecule has 1 aromatic heterocycles. The van der Waals surface area contributed by atoms with Crippen LogP contribution in [0.3, 0.4) is 0 Å². The lowest BCUT2D eigenvalue weighted by Gasteiger charge is -2.56. The molecule has 5 fully saturated rings. The van der Waals surface area contributed by atoms with Gasteiger partial charge in [-0.2, -0.15) is 0 Å². The van der Waals surface area contributed by atoms with E-state index in [0.29, 0.717) is 17.4 Å². The summed E-state index contributed by atoms with van der Waals surface area (Å²) in [4.78, 5) is 15.2. The summed E-state index contributed by atoms with van der Waals surface area (Å²) >= 11 is 1.47. The van der Waals surface area contributed by atoms with Crippen molar-refractivity contribution in [3.63, 3.8) is 0 Å². The molecule has 33 heavy (non-hydrogen) atoms. The number of carbonyl (C=O) groups excluding carboxylic acids is 1. The predicted octanol–water partition coefficient (Wildman–Crippen LogP) is 5.47. The minimum Gasteiger partial charge on any atom is -0.472 e. The number of nitrogens with zero attached hydrogens (tertiary/aromatic N) is 1. The van der Waals surface area contributed by atoms with Gasteiger partial charge in [0.1, 0.15) is 11.5 Å². The lowest BCUT2D eigenvalue weighted by molar-refractivity contribution is -0.0173. The lowest BCUT2D eigenvalue weighted by atomic mass is 9.53. The van der Waals surface area contributed by atoms with E-state index in [-0.39, 0.29) is 23.3 Å². The second-order valence-electron chi connectivity index (χ2n) is 10.5. The Morgan fingerprint density at radius 2 is 1.82 bits per heavy atom. The Bertz CT molecular complexity index is 950. The molecule has 1 aliphatic heterocycles. The maximum atomic E-state index is 13.5. The zero-order valence-corrected chi connectivity index (χ0v) is 19.8. The van der Waals surface area contributed by atoms with Crippen LogP contribution in [0.1, 0.15) is 68.3 Å². The van der Waals surface area contributed by atoms with Gasteiger partial charge in [0.05, 0.1) is 6.10 Å². The van der Waals surface area contributed by atoms with Gasteiger partial charge in [-0.15, -0.1) is 0 Å². The third-order valence-corrected chi connectivity index (χ3v) is 8.96. The average Bonchev–Trinajstić information content (AvgIpc) is 3.20. The van der Waals surface area contributed by atoms with Crippen molar-refractivity contribution in [2.45, 2.75) is 79.2 Å². The zero-order chi connectivity index (χ0) is 22.3. The van der Waals surface area contributed by atoms with Gasteiger partial charge < -0.3 is 19.3 Å². The van der Waals surface area contributed by atoms with Crippen LogP contribution in [-0.4, -0.2) is 35.9 Å². The molecular formula is C26H32N2O4S. The average molecular weight is 469 g/mol. The van der Waals surface area contributed by atoms with Gasteiger partial charge in [0.15, 0.2) is 0 Å². The highest BCUT2D eigenvalue weighted by molar-refractivity contribution is 7.99. The molecule has 4 saturated carbocycles. The van der Waals surface area contributed by atoms with E-state index in [1.54, 1.807) is 0 Å². The number of ether oxygens (including phenoxy) is 2. The molecule has 1 atom stereocenters. The van der Waals surface area contributed by atoms with Crippen molar-refractivity contribution in [2.75, 3.05) is 13.2 Å². The first-order chi connectivity index (χ1) is 16.2. The van der Waals surface area contributed by atoms with Gasteiger partial charge in [-0.1, -0.05) is 30.0 Å². The van der Waals surface area contributed by atoms with Crippen LogP contribution in [0.5, 0.6) is 5.88 Å². The first-order valence-electron chi connectivity index (χ1n) is 12.5. The Kier molecular flexibility index (Phi) is 5.87. The monoisotopic (exact) mass is 468 g/mol. The number of hydrogen-bond acceptors (Lipinski definition) is 6. The van der Waals surface area contributed by atoms with Crippen LogP contribution in [0.15, 0.2) is 44.6 Å². The highest BCUT2D eigenvalue weighted by Gasteiger charge is 2.52. The van der Waals surface area contributed by atoms with Crippen molar-refractivity contribution in [1.82, 2.24) is 10.5 Å². The maximum Gasteiger partial charge on any atom is 0.291 e. The van der Waals surface area contributed by atoms with E-state index in [9.17, 15) is 4.79 Å². The highest BCUT2D eigenvalue weighted by Crippen LogP contribution is 2.55. The fraction of sp³-hybridized carbons (Fsp3) is 0.615. The first-order valence-corrected chi connectivity index (χ1v) is 13.3. The van der Waals surface area contributed by atoms with Crippen LogP contribution in [0, 0.1) is 17.8 Å². The first kappa shape index (κ1) is 21.5. The van der Waals surface area contributed by atoms with Gasteiger partial charge in [0.25, 0.3) is 11.8 Å². The number of amides is 1. The van der Waals surface area contributed by atoms with Gasteiger partial charge in [0, 0.05) is 17.0 Å². The third kappa shape index (κ3) is 4.54. The fourth-order valence-corrected chi connectivity index (χ4v) is 7.81. The standard InChI is InChI=1S/C26H32N2O4S/c29-24(27-26-13-17-10-18(14-26)12-19(11-17)15-26)22-23(33-21-7-2-1-3-8-21)25(28-32-22)31-16-20-6-4-5-9-30-20/h1-3,7-8,17-20H,4-6,9-16H2,(H,27,29). The number of nitrogens with one attached hydrogen (secondary N) is 1. The van der Waals surface area contributed by atoms with E-state index in [1.807, 2.05) is 30.3 Å². The lowest BCUT2D eigenvalue weighted by Crippen LogP contribution is -2.59. The van der Waals surface area contributed by atoms with Crippen molar-refractivity contribution in [1.29, 1.82) is 0 Å². The van der Waals surface area contributed by atoms with E-state index in [4.69, 9.17) is 14.0 Å². The van der Waals surface area contributed by atoms with Crippen LogP contribution in [0.4, 0.5) is 0 Å². The molecule has 2 heterocycles. The molecule has 7 rings (SSSR count). The fourth-order valence-electron chi connectivity index (χ4n) is 6.87. The van der Waals surface area contributed by atoms with Gasteiger partial charge in [0.2, 0.25) is 5.76 Å². The Morgan fingerprint density at radius 3 is 2.48 bits per heavy atom. The van der Waals surface area contributed by atoms with Crippen LogP contribution >= 0.6 is 11.8 Å². The highest BCUT2D eigenvalue weighted by atomic mass is 32.2. The smallest absolute Gasteiger partial charge is 0.291 e. The molecule has 1 unspecified atom stereocenters. The molecule has 4 aliphatic carbocycles. The second kappa shape index (κ2) is 8.99. The van der Waals surface area contributed by atoms with Gasteiger partial charge in [-0.25, -0.2) is 0 Å². The SMILES string of the molecule is O=C(NC12CC3CC(CC(C3)C1)C2)c1onc(OCC2CCCCO2)c1Sc1ccccc1. The molecular weight excluding hydrogens is 436 g/mol. The van der Waals surface area contributed by atoms with Crippen molar-refractivity contribution in [3.8, 4) is 5.88 Å². The quantitative estimate of drug-likeness (QED) is 0.581. The molecule has 4 bridgehead atoms. The number of rotatable bonds is 7. The van der Waals surface area contributed by atoms with E-state index < -0.39 is 0 Å². The molecule has 1 N–H and O–H groups in total. The van der Waals surface area contributed by atoms with Crippen molar-refractivity contribution in [2.24, 2.45) is 17.8 Å². The Balaban J connectivity index is 1.22. The zero-order valence-electron chi connectivity index (χ0n) is 19.0. The maximum absolute atomic E-state index is 13.5. The van der Waals surface area contributed by atoms with Crippen LogP contribution in [0.2, 0.25) is 0 Å². The van der Waals surface area contributed by atoms with Crippen LogP contribution in [0.25, 0.3) is 0 Å². The van der Waals surface area contributed by atoms with E-state index in [1.165, 1.54) is 31.0 Å². The Morgan fingerprint density at radius 1 is 1.09 bits per heavy atom. The van der Waals surface area contributed by atoms with Gasteiger partial charge >= 0.3 is 0 Å². The molecule has 6 nitrogen and oxygen atoms in total. The molecule has 5 aliphatic rings. The normalized spacial score (nSPS) is 32.6.